The van der Waals surface area contributed by atoms with Gasteiger partial charge in [-0.2, -0.15) is 0 Å². The lowest BCUT2D eigenvalue weighted by molar-refractivity contribution is -0.118. The third-order valence-corrected chi connectivity index (χ3v) is 2.97. The van der Waals surface area contributed by atoms with Crippen LogP contribution < -0.4 is 16.0 Å². The zero-order valence-corrected chi connectivity index (χ0v) is 10.5. The van der Waals surface area contributed by atoms with E-state index >= 15 is 0 Å². The SMILES string of the molecule is CC(=O)NCCNC1C(=O)Nc2c(C)cccc21. The monoisotopic (exact) mass is 247 g/mol. The first-order valence-corrected chi connectivity index (χ1v) is 5.98. The number of aryl methyl sites for hydroxylation is 1. The van der Waals surface area contributed by atoms with Gasteiger partial charge in [0.2, 0.25) is 11.8 Å². The normalized spacial score (nSPS) is 17.2. The second-order valence-electron chi connectivity index (χ2n) is 4.40. The fraction of sp³-hybridized carbons (Fsp3) is 0.385. The molecule has 1 heterocycles. The predicted molar refractivity (Wildman–Crippen MR) is 69.2 cm³/mol. The molecule has 0 aliphatic carbocycles. The molecule has 0 radical (unpaired) electrons. The molecule has 5 nitrogen and oxygen atoms in total. The Morgan fingerprint density at radius 1 is 1.39 bits per heavy atom. The summed E-state index contributed by atoms with van der Waals surface area (Å²) in [5.41, 5.74) is 2.94. The van der Waals surface area contributed by atoms with Crippen LogP contribution in [0.15, 0.2) is 18.2 Å². The highest BCUT2D eigenvalue weighted by Crippen LogP contribution is 2.32. The summed E-state index contributed by atoms with van der Waals surface area (Å²) in [5.74, 6) is -0.106. The van der Waals surface area contributed by atoms with Gasteiger partial charge in [0.25, 0.3) is 0 Å². The summed E-state index contributed by atoms with van der Waals surface area (Å²) in [4.78, 5) is 22.6. The first kappa shape index (κ1) is 12.6. The predicted octanol–water partition coefficient (Wildman–Crippen LogP) is 0.714. The van der Waals surface area contributed by atoms with Crippen molar-refractivity contribution >= 4 is 17.5 Å². The van der Waals surface area contributed by atoms with Crippen LogP contribution in [0.1, 0.15) is 24.1 Å². The van der Waals surface area contributed by atoms with E-state index in [1.54, 1.807) is 0 Å². The van der Waals surface area contributed by atoms with Crippen molar-refractivity contribution in [2.75, 3.05) is 18.4 Å². The fourth-order valence-corrected chi connectivity index (χ4v) is 2.10. The van der Waals surface area contributed by atoms with Gasteiger partial charge in [-0.25, -0.2) is 0 Å². The molecule has 3 N–H and O–H groups in total. The first-order chi connectivity index (χ1) is 8.59. The highest BCUT2D eigenvalue weighted by atomic mass is 16.2. The third-order valence-electron chi connectivity index (χ3n) is 2.97. The second kappa shape index (κ2) is 5.18. The van der Waals surface area contributed by atoms with Crippen molar-refractivity contribution in [1.29, 1.82) is 0 Å². The molecule has 0 saturated carbocycles. The van der Waals surface area contributed by atoms with Crippen LogP contribution in [0.5, 0.6) is 0 Å². The molecule has 1 aromatic carbocycles. The lowest BCUT2D eigenvalue weighted by Gasteiger charge is -2.11. The van der Waals surface area contributed by atoms with Gasteiger partial charge in [-0.15, -0.1) is 0 Å². The molecule has 0 saturated heterocycles. The van der Waals surface area contributed by atoms with E-state index in [-0.39, 0.29) is 17.9 Å². The Morgan fingerprint density at radius 3 is 2.89 bits per heavy atom. The number of carbonyl (C=O) groups is 2. The molecule has 0 fully saturated rings. The molecule has 2 amide bonds. The van der Waals surface area contributed by atoms with Gasteiger partial charge in [0.1, 0.15) is 6.04 Å². The minimum atomic E-state index is -0.325. The van der Waals surface area contributed by atoms with Crippen LogP contribution in [-0.2, 0) is 9.59 Å². The van der Waals surface area contributed by atoms with Crippen LogP contribution >= 0.6 is 0 Å². The topological polar surface area (TPSA) is 70.2 Å². The number of anilines is 1. The van der Waals surface area contributed by atoms with Crippen LogP contribution in [0.2, 0.25) is 0 Å². The molecular weight excluding hydrogens is 230 g/mol. The molecule has 2 rings (SSSR count). The molecule has 0 bridgehead atoms. The van der Waals surface area contributed by atoms with Crippen molar-refractivity contribution in [3.05, 3.63) is 29.3 Å². The first-order valence-electron chi connectivity index (χ1n) is 5.98. The van der Waals surface area contributed by atoms with Gasteiger partial charge in [0.05, 0.1) is 0 Å². The second-order valence-corrected chi connectivity index (χ2v) is 4.40. The highest BCUT2D eigenvalue weighted by Gasteiger charge is 2.30. The van der Waals surface area contributed by atoms with Crippen LogP contribution in [0.25, 0.3) is 0 Å². The number of nitrogens with one attached hydrogen (secondary N) is 3. The van der Waals surface area contributed by atoms with Crippen LogP contribution in [0, 0.1) is 6.92 Å². The van der Waals surface area contributed by atoms with E-state index in [4.69, 9.17) is 0 Å². The van der Waals surface area contributed by atoms with Crippen molar-refractivity contribution in [2.45, 2.75) is 19.9 Å². The largest absolute Gasteiger partial charge is 0.355 e. The summed E-state index contributed by atoms with van der Waals surface area (Å²) in [6.45, 7) is 4.52. The molecule has 18 heavy (non-hydrogen) atoms. The Balaban J connectivity index is 2.00. The number of carbonyl (C=O) groups excluding carboxylic acids is 2. The van der Waals surface area contributed by atoms with Gasteiger partial charge in [0.15, 0.2) is 0 Å². The van der Waals surface area contributed by atoms with Gasteiger partial charge in [-0.3, -0.25) is 9.59 Å². The lowest BCUT2D eigenvalue weighted by atomic mass is 10.1. The minimum absolute atomic E-state index is 0.0397. The molecule has 96 valence electrons. The van der Waals surface area contributed by atoms with Crippen LogP contribution in [-0.4, -0.2) is 24.9 Å². The Hall–Kier alpha value is -1.88. The van der Waals surface area contributed by atoms with E-state index in [9.17, 15) is 9.59 Å². The van der Waals surface area contributed by atoms with Crippen molar-refractivity contribution in [2.24, 2.45) is 0 Å². The number of benzene rings is 1. The van der Waals surface area contributed by atoms with E-state index < -0.39 is 0 Å². The maximum atomic E-state index is 11.9. The molecule has 5 heteroatoms. The standard InChI is InChI=1S/C13H17N3O2/c1-8-4-3-5-10-11(8)16-13(18)12(10)15-7-6-14-9(2)17/h3-5,12,15H,6-7H2,1-2H3,(H,14,17)(H,16,18). The molecule has 1 aromatic rings. The molecular formula is C13H17N3O2. The van der Waals surface area contributed by atoms with Crippen molar-refractivity contribution in [3.8, 4) is 0 Å². The van der Waals surface area contributed by atoms with E-state index in [1.165, 1.54) is 6.92 Å². The Morgan fingerprint density at radius 2 is 2.17 bits per heavy atom. The molecule has 1 aliphatic heterocycles. The van der Waals surface area contributed by atoms with Crippen molar-refractivity contribution in [3.63, 3.8) is 0 Å². The van der Waals surface area contributed by atoms with Crippen LogP contribution in [0.3, 0.4) is 0 Å². The minimum Gasteiger partial charge on any atom is -0.355 e. The highest BCUT2D eigenvalue weighted by molar-refractivity contribution is 6.03. The van der Waals surface area contributed by atoms with Gasteiger partial charge in [-0.1, -0.05) is 18.2 Å². The number of hydrogen-bond donors (Lipinski definition) is 3. The maximum absolute atomic E-state index is 11.9. The zero-order chi connectivity index (χ0) is 13.1. The quantitative estimate of drug-likeness (QED) is 0.686. The summed E-state index contributed by atoms with van der Waals surface area (Å²) in [6, 6.07) is 5.53. The average Bonchev–Trinajstić information content (AvgIpc) is 2.63. The van der Waals surface area contributed by atoms with Gasteiger partial charge < -0.3 is 16.0 Å². The summed E-state index contributed by atoms with van der Waals surface area (Å²) in [5, 5.41) is 8.71. The van der Waals surface area contributed by atoms with E-state index in [0.29, 0.717) is 13.1 Å². The summed E-state index contributed by atoms with van der Waals surface area (Å²) >= 11 is 0. The molecule has 0 spiro atoms. The van der Waals surface area contributed by atoms with Crippen molar-refractivity contribution in [1.82, 2.24) is 10.6 Å². The molecule has 1 atom stereocenters. The number of hydrogen-bond acceptors (Lipinski definition) is 3. The lowest BCUT2D eigenvalue weighted by Crippen LogP contribution is -2.34. The smallest absolute Gasteiger partial charge is 0.246 e. The van der Waals surface area contributed by atoms with Gasteiger partial charge in [0, 0.05) is 31.3 Å². The van der Waals surface area contributed by atoms with Crippen molar-refractivity contribution < 1.29 is 9.59 Å². The van der Waals surface area contributed by atoms with Crippen LogP contribution in [0.4, 0.5) is 5.69 Å². The molecule has 1 aliphatic rings. The fourth-order valence-electron chi connectivity index (χ4n) is 2.10. The van der Waals surface area contributed by atoms with E-state index in [0.717, 1.165) is 16.8 Å². The van der Waals surface area contributed by atoms with E-state index in [2.05, 4.69) is 16.0 Å². The van der Waals surface area contributed by atoms with E-state index in [1.807, 2.05) is 25.1 Å². The maximum Gasteiger partial charge on any atom is 0.246 e. The third kappa shape index (κ3) is 2.51. The average molecular weight is 247 g/mol. The van der Waals surface area contributed by atoms with Gasteiger partial charge >= 0.3 is 0 Å². The summed E-state index contributed by atoms with van der Waals surface area (Å²) < 4.78 is 0. The Labute approximate surface area is 106 Å². The Bertz CT molecular complexity index is 485. The number of para-hydroxylation sites is 1. The zero-order valence-electron chi connectivity index (χ0n) is 10.5. The molecule has 1 unspecified atom stereocenters. The summed E-state index contributed by atoms with van der Waals surface area (Å²) in [6.07, 6.45) is 0. The number of amides is 2. The number of rotatable bonds is 4. The number of fused-ring (bicyclic) bond motifs is 1. The molecule has 0 aromatic heterocycles. The Kier molecular flexibility index (Phi) is 3.62. The van der Waals surface area contributed by atoms with Gasteiger partial charge in [-0.05, 0) is 12.5 Å². The summed E-state index contributed by atoms with van der Waals surface area (Å²) in [7, 11) is 0.